The van der Waals surface area contributed by atoms with Gasteiger partial charge in [0.05, 0.1) is 17.9 Å². The summed E-state index contributed by atoms with van der Waals surface area (Å²) in [6.45, 7) is 3.56. The summed E-state index contributed by atoms with van der Waals surface area (Å²) in [5, 5.41) is 12.0. The van der Waals surface area contributed by atoms with Crippen LogP contribution in [-0.2, 0) is 13.1 Å². The highest BCUT2D eigenvalue weighted by Gasteiger charge is 2.06. The van der Waals surface area contributed by atoms with Crippen LogP contribution in [-0.4, -0.2) is 25.6 Å². The minimum Gasteiger partial charge on any atom is -0.307 e. The number of nitrogens with zero attached hydrogens (tertiary/aromatic N) is 4. The number of rotatable bonds is 6. The molecule has 1 N–H and O–H groups in total. The van der Waals surface area contributed by atoms with Crippen LogP contribution in [0.2, 0.25) is 0 Å². The van der Waals surface area contributed by atoms with Crippen LogP contribution in [0.1, 0.15) is 12.6 Å². The van der Waals surface area contributed by atoms with Crippen LogP contribution in [0.15, 0.2) is 55.0 Å². The summed E-state index contributed by atoms with van der Waals surface area (Å²) in [7, 11) is 0. The molecule has 0 amide bonds. The van der Waals surface area contributed by atoms with E-state index in [9.17, 15) is 4.39 Å². The van der Waals surface area contributed by atoms with Crippen LogP contribution >= 0.6 is 0 Å². The van der Waals surface area contributed by atoms with Gasteiger partial charge in [0, 0.05) is 31.2 Å². The summed E-state index contributed by atoms with van der Waals surface area (Å²) in [6, 6.07) is 10.5. The molecule has 1 unspecified atom stereocenters. The Bertz CT molecular complexity index is 720. The van der Waals surface area contributed by atoms with Gasteiger partial charge in [-0.15, -0.1) is 0 Å². The molecule has 6 heteroatoms. The summed E-state index contributed by atoms with van der Waals surface area (Å²) in [5.41, 5.74) is 1.63. The van der Waals surface area contributed by atoms with Crippen LogP contribution in [0.3, 0.4) is 0 Å². The third kappa shape index (κ3) is 3.59. The maximum Gasteiger partial charge on any atom is 0.125 e. The molecule has 1 aromatic carbocycles. The third-order valence-electron chi connectivity index (χ3n) is 3.37. The molecule has 0 saturated carbocycles. The molecule has 0 bridgehead atoms. The van der Waals surface area contributed by atoms with Gasteiger partial charge >= 0.3 is 0 Å². The molecule has 3 rings (SSSR count). The minimum atomic E-state index is -0.263. The van der Waals surface area contributed by atoms with Crippen molar-refractivity contribution in [2.24, 2.45) is 0 Å². The second kappa shape index (κ2) is 6.53. The Hall–Kier alpha value is -2.47. The third-order valence-corrected chi connectivity index (χ3v) is 3.37. The van der Waals surface area contributed by atoms with E-state index in [2.05, 4.69) is 22.4 Å². The molecular weight excluding hydrogens is 281 g/mol. The predicted molar refractivity (Wildman–Crippen MR) is 82.1 cm³/mol. The normalized spacial score (nSPS) is 12.5. The highest BCUT2D eigenvalue weighted by Crippen LogP contribution is 2.09. The van der Waals surface area contributed by atoms with E-state index in [1.54, 1.807) is 16.9 Å². The van der Waals surface area contributed by atoms with Gasteiger partial charge in [0.1, 0.15) is 5.82 Å². The SMILES string of the molecule is CC(Cn1cccn1)NCc1ccn(-c2cccc(F)c2)n1. The second-order valence-electron chi connectivity index (χ2n) is 5.24. The van der Waals surface area contributed by atoms with Gasteiger partial charge in [-0.1, -0.05) is 6.07 Å². The lowest BCUT2D eigenvalue weighted by molar-refractivity contribution is 0.448. The monoisotopic (exact) mass is 299 g/mol. The molecule has 2 heterocycles. The van der Waals surface area contributed by atoms with E-state index in [0.29, 0.717) is 6.54 Å². The zero-order valence-electron chi connectivity index (χ0n) is 12.4. The Kier molecular flexibility index (Phi) is 4.29. The van der Waals surface area contributed by atoms with Crippen molar-refractivity contribution < 1.29 is 4.39 Å². The maximum atomic E-state index is 13.2. The lowest BCUT2D eigenvalue weighted by Crippen LogP contribution is -2.30. The first-order valence-corrected chi connectivity index (χ1v) is 7.22. The van der Waals surface area contributed by atoms with Crippen LogP contribution < -0.4 is 5.32 Å². The van der Waals surface area contributed by atoms with E-state index in [1.165, 1.54) is 12.1 Å². The number of benzene rings is 1. The fourth-order valence-electron chi connectivity index (χ4n) is 2.25. The lowest BCUT2D eigenvalue weighted by Gasteiger charge is -2.12. The summed E-state index contributed by atoms with van der Waals surface area (Å²) in [4.78, 5) is 0. The van der Waals surface area contributed by atoms with E-state index < -0.39 is 0 Å². The summed E-state index contributed by atoms with van der Waals surface area (Å²) >= 11 is 0. The predicted octanol–water partition coefficient (Wildman–Crippen LogP) is 2.39. The van der Waals surface area contributed by atoms with Gasteiger partial charge in [0.2, 0.25) is 0 Å². The van der Waals surface area contributed by atoms with Crippen molar-refractivity contribution in [3.63, 3.8) is 0 Å². The van der Waals surface area contributed by atoms with Crippen LogP contribution in [0.4, 0.5) is 4.39 Å². The fourth-order valence-corrected chi connectivity index (χ4v) is 2.25. The van der Waals surface area contributed by atoms with Gasteiger partial charge in [-0.25, -0.2) is 9.07 Å². The Morgan fingerprint density at radius 1 is 1.23 bits per heavy atom. The van der Waals surface area contributed by atoms with Gasteiger partial charge in [-0.05, 0) is 37.3 Å². The van der Waals surface area contributed by atoms with Crippen LogP contribution in [0.25, 0.3) is 5.69 Å². The van der Waals surface area contributed by atoms with Crippen molar-refractivity contribution in [2.45, 2.75) is 26.1 Å². The molecule has 2 aromatic heterocycles. The summed E-state index contributed by atoms with van der Waals surface area (Å²) in [6.07, 6.45) is 5.55. The van der Waals surface area contributed by atoms with E-state index in [4.69, 9.17) is 0 Å². The number of halogens is 1. The average molecular weight is 299 g/mol. The molecule has 114 valence electrons. The molecule has 0 aliphatic rings. The highest BCUT2D eigenvalue weighted by molar-refractivity contribution is 5.31. The average Bonchev–Trinajstić information content (AvgIpc) is 3.16. The maximum absolute atomic E-state index is 13.2. The molecule has 22 heavy (non-hydrogen) atoms. The highest BCUT2D eigenvalue weighted by atomic mass is 19.1. The lowest BCUT2D eigenvalue weighted by atomic mass is 10.3. The van der Waals surface area contributed by atoms with Crippen LogP contribution in [0.5, 0.6) is 0 Å². The van der Waals surface area contributed by atoms with E-state index in [-0.39, 0.29) is 11.9 Å². The number of hydrogen-bond acceptors (Lipinski definition) is 3. The van der Waals surface area contributed by atoms with Gasteiger partial charge in [0.25, 0.3) is 0 Å². The van der Waals surface area contributed by atoms with Gasteiger partial charge in [-0.3, -0.25) is 4.68 Å². The standard InChI is InChI=1S/C16H18FN5/c1-13(12-21-8-3-7-19-21)18-11-15-6-9-22(20-15)16-5-2-4-14(17)10-16/h2-10,13,18H,11-12H2,1H3. The van der Waals surface area contributed by atoms with Crippen molar-refractivity contribution in [2.75, 3.05) is 0 Å². The van der Waals surface area contributed by atoms with Crippen molar-refractivity contribution in [1.82, 2.24) is 24.9 Å². The molecule has 0 radical (unpaired) electrons. The zero-order chi connectivity index (χ0) is 15.4. The van der Waals surface area contributed by atoms with Crippen molar-refractivity contribution in [3.8, 4) is 5.69 Å². The molecule has 0 aliphatic carbocycles. The van der Waals surface area contributed by atoms with Gasteiger partial charge in [-0.2, -0.15) is 10.2 Å². The zero-order valence-corrected chi connectivity index (χ0v) is 12.4. The molecule has 0 saturated heterocycles. The van der Waals surface area contributed by atoms with Gasteiger partial charge < -0.3 is 5.32 Å². The molecule has 0 aliphatic heterocycles. The molecule has 5 nitrogen and oxygen atoms in total. The molecule has 1 atom stereocenters. The Morgan fingerprint density at radius 2 is 2.14 bits per heavy atom. The Labute approximate surface area is 128 Å². The first kappa shape index (κ1) is 14.5. The number of hydrogen-bond donors (Lipinski definition) is 1. The molecule has 0 spiro atoms. The second-order valence-corrected chi connectivity index (χ2v) is 5.24. The number of aromatic nitrogens is 4. The van der Waals surface area contributed by atoms with E-state index in [0.717, 1.165) is 17.9 Å². The van der Waals surface area contributed by atoms with Crippen LogP contribution in [0, 0.1) is 5.82 Å². The molecular formula is C16H18FN5. The Morgan fingerprint density at radius 3 is 2.91 bits per heavy atom. The van der Waals surface area contributed by atoms with Crippen molar-refractivity contribution in [3.05, 3.63) is 66.5 Å². The largest absolute Gasteiger partial charge is 0.307 e. The first-order chi connectivity index (χ1) is 10.7. The van der Waals surface area contributed by atoms with E-state index >= 15 is 0 Å². The van der Waals surface area contributed by atoms with E-state index in [1.807, 2.05) is 35.3 Å². The number of nitrogens with one attached hydrogen (secondary N) is 1. The summed E-state index contributed by atoms with van der Waals surface area (Å²) < 4.78 is 16.8. The first-order valence-electron chi connectivity index (χ1n) is 7.22. The minimum absolute atomic E-state index is 0.263. The smallest absolute Gasteiger partial charge is 0.125 e. The Balaban J connectivity index is 1.58. The van der Waals surface area contributed by atoms with Gasteiger partial charge in [0.15, 0.2) is 0 Å². The molecule has 0 fully saturated rings. The van der Waals surface area contributed by atoms with Crippen molar-refractivity contribution >= 4 is 0 Å². The van der Waals surface area contributed by atoms with Crippen molar-refractivity contribution in [1.29, 1.82) is 0 Å². The quantitative estimate of drug-likeness (QED) is 0.760. The molecule has 3 aromatic rings. The topological polar surface area (TPSA) is 47.7 Å². The summed E-state index contributed by atoms with van der Waals surface area (Å²) in [5.74, 6) is -0.263. The fraction of sp³-hybridized carbons (Fsp3) is 0.250.